The third-order valence-corrected chi connectivity index (χ3v) is 3.97. The number of hydrogen-bond donors (Lipinski definition) is 1. The fraction of sp³-hybridized carbons (Fsp3) is 0.500. The summed E-state index contributed by atoms with van der Waals surface area (Å²) in [5.74, 6) is -0.391. The number of nitrogens with one attached hydrogen (secondary N) is 1. The molecule has 0 spiro atoms. The molecular weight excluding hydrogens is 262 g/mol. The fourth-order valence-electron chi connectivity index (χ4n) is 2.10. The van der Waals surface area contributed by atoms with Crippen molar-refractivity contribution < 1.29 is 13.2 Å². The smallest absolute Gasteiger partial charge is 0.227 e. The molecule has 1 aromatic rings. The maximum absolute atomic E-state index is 12.2. The summed E-state index contributed by atoms with van der Waals surface area (Å²) in [6.45, 7) is 3.65. The van der Waals surface area contributed by atoms with Crippen LogP contribution in [0.5, 0.6) is 0 Å². The Bertz CT molecular complexity index is 511. The van der Waals surface area contributed by atoms with Crippen molar-refractivity contribution >= 4 is 15.7 Å². The minimum Gasteiger partial charge on any atom is -0.352 e. The molecule has 1 rings (SSSR count). The van der Waals surface area contributed by atoms with Crippen molar-refractivity contribution in [3.63, 3.8) is 0 Å². The monoisotopic (exact) mass is 283 g/mol. The largest absolute Gasteiger partial charge is 0.352 e. The van der Waals surface area contributed by atoms with E-state index in [9.17, 15) is 13.2 Å². The maximum Gasteiger partial charge on any atom is 0.227 e. The normalized spacial score (nSPS) is 14.7. The lowest BCUT2D eigenvalue weighted by Gasteiger charge is -2.19. The summed E-state index contributed by atoms with van der Waals surface area (Å²) < 4.78 is 22.4. The van der Waals surface area contributed by atoms with Gasteiger partial charge in [0, 0.05) is 12.3 Å². The highest BCUT2D eigenvalue weighted by molar-refractivity contribution is 7.90. The van der Waals surface area contributed by atoms with E-state index in [-0.39, 0.29) is 23.6 Å². The van der Waals surface area contributed by atoms with E-state index in [1.807, 2.05) is 37.3 Å². The van der Waals surface area contributed by atoms with Crippen LogP contribution in [-0.2, 0) is 14.6 Å². The highest BCUT2D eigenvalue weighted by Crippen LogP contribution is 2.19. The predicted molar refractivity (Wildman–Crippen MR) is 76.8 cm³/mol. The summed E-state index contributed by atoms with van der Waals surface area (Å²) in [5.41, 5.74) is 0.953. The molecule has 0 saturated carbocycles. The van der Waals surface area contributed by atoms with Gasteiger partial charge in [-0.25, -0.2) is 8.42 Å². The van der Waals surface area contributed by atoms with E-state index < -0.39 is 9.84 Å². The number of amides is 1. The molecule has 0 heterocycles. The zero-order chi connectivity index (χ0) is 14.5. The van der Waals surface area contributed by atoms with E-state index >= 15 is 0 Å². The Kier molecular flexibility index (Phi) is 5.54. The maximum atomic E-state index is 12.2. The summed E-state index contributed by atoms with van der Waals surface area (Å²) in [7, 11) is -3.08. The molecule has 0 saturated heterocycles. The Morgan fingerprint density at radius 3 is 2.32 bits per heavy atom. The molecule has 2 atom stereocenters. The fourth-order valence-corrected chi connectivity index (χ4v) is 3.09. The average molecular weight is 283 g/mol. The topological polar surface area (TPSA) is 63.2 Å². The van der Waals surface area contributed by atoms with E-state index in [1.165, 1.54) is 6.26 Å². The molecule has 0 aliphatic heterocycles. The second-order valence-electron chi connectivity index (χ2n) is 4.87. The standard InChI is InChI=1S/C14H21NO3S/c1-4-13(12-8-6-5-7-9-12)14(16)15-11(2)10-19(3,17)18/h5-9,11,13H,4,10H2,1-3H3,(H,15,16). The van der Waals surface area contributed by atoms with Crippen LogP contribution in [0.1, 0.15) is 31.7 Å². The van der Waals surface area contributed by atoms with E-state index in [0.717, 1.165) is 5.56 Å². The van der Waals surface area contributed by atoms with E-state index in [4.69, 9.17) is 0 Å². The van der Waals surface area contributed by atoms with Gasteiger partial charge in [0.2, 0.25) is 5.91 Å². The molecule has 1 amide bonds. The third-order valence-electron chi connectivity index (χ3n) is 2.87. The zero-order valence-corrected chi connectivity index (χ0v) is 12.4. The summed E-state index contributed by atoms with van der Waals surface area (Å²) in [5, 5.41) is 2.77. The molecule has 4 nitrogen and oxygen atoms in total. The molecule has 0 aromatic heterocycles. The molecule has 0 radical (unpaired) electrons. The summed E-state index contributed by atoms with van der Waals surface area (Å²) in [6, 6.07) is 9.14. The molecule has 106 valence electrons. The van der Waals surface area contributed by atoms with Crippen LogP contribution in [0.3, 0.4) is 0 Å². The molecule has 0 aliphatic rings. The highest BCUT2D eigenvalue weighted by Gasteiger charge is 2.21. The van der Waals surface area contributed by atoms with Gasteiger partial charge in [-0.2, -0.15) is 0 Å². The van der Waals surface area contributed by atoms with Crippen LogP contribution in [0, 0.1) is 0 Å². The lowest BCUT2D eigenvalue weighted by molar-refractivity contribution is -0.123. The quantitative estimate of drug-likeness (QED) is 0.865. The van der Waals surface area contributed by atoms with Gasteiger partial charge in [0.1, 0.15) is 9.84 Å². The molecule has 1 aromatic carbocycles. The lowest BCUT2D eigenvalue weighted by Crippen LogP contribution is -2.40. The second kappa shape index (κ2) is 6.70. The first-order valence-corrected chi connectivity index (χ1v) is 8.42. The Morgan fingerprint density at radius 1 is 1.26 bits per heavy atom. The minimum atomic E-state index is -3.08. The van der Waals surface area contributed by atoms with Crippen LogP contribution >= 0.6 is 0 Å². The number of sulfone groups is 1. The molecule has 5 heteroatoms. The van der Waals surface area contributed by atoms with Crippen molar-refractivity contribution in [2.75, 3.05) is 12.0 Å². The van der Waals surface area contributed by atoms with E-state index in [0.29, 0.717) is 6.42 Å². The first-order chi connectivity index (χ1) is 8.83. The van der Waals surface area contributed by atoms with Crippen LogP contribution in [0.4, 0.5) is 0 Å². The highest BCUT2D eigenvalue weighted by atomic mass is 32.2. The van der Waals surface area contributed by atoms with Crippen LogP contribution in [-0.4, -0.2) is 32.4 Å². The van der Waals surface area contributed by atoms with Gasteiger partial charge in [-0.3, -0.25) is 4.79 Å². The van der Waals surface area contributed by atoms with E-state index in [2.05, 4.69) is 5.32 Å². The number of hydrogen-bond acceptors (Lipinski definition) is 3. The molecule has 0 fully saturated rings. The van der Waals surface area contributed by atoms with Crippen molar-refractivity contribution in [1.29, 1.82) is 0 Å². The van der Waals surface area contributed by atoms with E-state index in [1.54, 1.807) is 6.92 Å². The Hall–Kier alpha value is -1.36. The van der Waals surface area contributed by atoms with Crippen LogP contribution in [0.2, 0.25) is 0 Å². The van der Waals surface area contributed by atoms with Crippen LogP contribution in [0.25, 0.3) is 0 Å². The van der Waals surface area contributed by atoms with Gasteiger partial charge in [0.25, 0.3) is 0 Å². The van der Waals surface area contributed by atoms with Crippen molar-refractivity contribution in [3.8, 4) is 0 Å². The van der Waals surface area contributed by atoms with Crippen molar-refractivity contribution in [2.24, 2.45) is 0 Å². The van der Waals surface area contributed by atoms with Crippen molar-refractivity contribution in [2.45, 2.75) is 32.2 Å². The van der Waals surface area contributed by atoms with Gasteiger partial charge in [-0.05, 0) is 18.9 Å². The van der Waals surface area contributed by atoms with Crippen molar-refractivity contribution in [3.05, 3.63) is 35.9 Å². The van der Waals surface area contributed by atoms with Gasteiger partial charge in [-0.15, -0.1) is 0 Å². The molecular formula is C14H21NO3S. The molecule has 2 unspecified atom stereocenters. The van der Waals surface area contributed by atoms with Crippen LogP contribution < -0.4 is 5.32 Å². The predicted octanol–water partition coefficient (Wildman–Crippen LogP) is 1.73. The summed E-state index contributed by atoms with van der Waals surface area (Å²) in [4.78, 5) is 12.2. The summed E-state index contributed by atoms with van der Waals surface area (Å²) in [6.07, 6.45) is 1.85. The minimum absolute atomic E-state index is 0.0377. The molecule has 1 N–H and O–H groups in total. The first kappa shape index (κ1) is 15.7. The first-order valence-electron chi connectivity index (χ1n) is 6.36. The number of carbonyl (C=O) groups is 1. The van der Waals surface area contributed by atoms with Gasteiger partial charge >= 0.3 is 0 Å². The summed E-state index contributed by atoms with van der Waals surface area (Å²) >= 11 is 0. The Balaban J connectivity index is 2.70. The Labute approximate surface area is 115 Å². The molecule has 0 bridgehead atoms. The zero-order valence-electron chi connectivity index (χ0n) is 11.6. The van der Waals surface area contributed by atoms with Crippen LogP contribution in [0.15, 0.2) is 30.3 Å². The average Bonchev–Trinajstić information content (AvgIpc) is 2.28. The van der Waals surface area contributed by atoms with Gasteiger partial charge in [0.05, 0.1) is 11.7 Å². The Morgan fingerprint density at radius 2 is 1.84 bits per heavy atom. The SMILES string of the molecule is CCC(C(=O)NC(C)CS(C)(=O)=O)c1ccccc1. The molecule has 0 aliphatic carbocycles. The number of benzene rings is 1. The molecule has 19 heavy (non-hydrogen) atoms. The van der Waals surface area contributed by atoms with Gasteiger partial charge < -0.3 is 5.32 Å². The number of carbonyl (C=O) groups excluding carboxylic acids is 1. The number of rotatable bonds is 6. The van der Waals surface area contributed by atoms with Crippen molar-refractivity contribution in [1.82, 2.24) is 5.32 Å². The third kappa shape index (κ3) is 5.42. The second-order valence-corrected chi connectivity index (χ2v) is 7.06. The van der Waals surface area contributed by atoms with Gasteiger partial charge in [-0.1, -0.05) is 37.3 Å². The lowest BCUT2D eigenvalue weighted by atomic mass is 9.95. The van der Waals surface area contributed by atoms with Gasteiger partial charge in [0.15, 0.2) is 0 Å².